The van der Waals surface area contributed by atoms with Crippen LogP contribution in [0.15, 0.2) is 60.9 Å². The molecule has 2 aromatic heterocycles. The Balaban J connectivity index is 1.65. The second kappa shape index (κ2) is 8.82. The molecule has 1 amide bonds. The van der Waals surface area contributed by atoms with Gasteiger partial charge in [-0.2, -0.15) is 4.98 Å². The molecule has 2 N–H and O–H groups in total. The number of carbonyl (C=O) groups excluding carboxylic acids is 1. The van der Waals surface area contributed by atoms with E-state index in [1.807, 2.05) is 25.1 Å². The number of aryl methyl sites for hydroxylation is 1. The third-order valence-electron chi connectivity index (χ3n) is 4.41. The van der Waals surface area contributed by atoms with Crippen LogP contribution in [0.3, 0.4) is 0 Å². The van der Waals surface area contributed by atoms with Gasteiger partial charge in [0.2, 0.25) is 5.82 Å². The molecule has 160 valence electrons. The molecule has 2 heterocycles. The van der Waals surface area contributed by atoms with E-state index >= 15 is 0 Å². The SMILES string of the molecule is Cc1ccc2cccc(Oc3ncnc(NNC(=O)c4ccccc4Cl)c3[N+](=O)[O-])c2n1. The zero-order valence-corrected chi connectivity index (χ0v) is 17.3. The van der Waals surface area contributed by atoms with Crippen molar-refractivity contribution in [1.82, 2.24) is 20.4 Å². The van der Waals surface area contributed by atoms with Gasteiger partial charge in [-0.3, -0.25) is 25.8 Å². The van der Waals surface area contributed by atoms with Crippen LogP contribution in [0.1, 0.15) is 16.1 Å². The van der Waals surface area contributed by atoms with Crippen molar-refractivity contribution in [2.75, 3.05) is 5.43 Å². The molecular formula is C21H15ClN6O4. The summed E-state index contributed by atoms with van der Waals surface area (Å²) in [6.45, 7) is 1.83. The molecule has 0 saturated carbocycles. The Hall–Kier alpha value is -4.31. The lowest BCUT2D eigenvalue weighted by atomic mass is 10.2. The number of halogens is 1. The smallest absolute Gasteiger partial charge is 0.374 e. The Morgan fingerprint density at radius 2 is 1.91 bits per heavy atom. The van der Waals surface area contributed by atoms with Gasteiger partial charge in [-0.15, -0.1) is 0 Å². The van der Waals surface area contributed by atoms with Crippen molar-refractivity contribution in [3.8, 4) is 11.6 Å². The highest BCUT2D eigenvalue weighted by Gasteiger charge is 2.26. The van der Waals surface area contributed by atoms with Gasteiger partial charge in [-0.1, -0.05) is 41.9 Å². The van der Waals surface area contributed by atoms with E-state index in [0.29, 0.717) is 11.3 Å². The molecule has 4 rings (SSSR count). The lowest BCUT2D eigenvalue weighted by molar-refractivity contribution is -0.385. The number of rotatable bonds is 6. The Bertz CT molecular complexity index is 1350. The van der Waals surface area contributed by atoms with Crippen LogP contribution >= 0.6 is 11.6 Å². The summed E-state index contributed by atoms with van der Waals surface area (Å²) >= 11 is 6.01. The molecule has 2 aromatic carbocycles. The molecule has 0 fully saturated rings. The van der Waals surface area contributed by atoms with E-state index < -0.39 is 16.5 Å². The molecule has 32 heavy (non-hydrogen) atoms. The third-order valence-corrected chi connectivity index (χ3v) is 4.74. The topological polar surface area (TPSA) is 132 Å². The van der Waals surface area contributed by atoms with Crippen LogP contribution < -0.4 is 15.6 Å². The van der Waals surface area contributed by atoms with E-state index in [1.54, 1.807) is 30.3 Å². The quantitative estimate of drug-likeness (QED) is 0.325. The molecule has 0 aliphatic rings. The van der Waals surface area contributed by atoms with Crippen LogP contribution in [0.25, 0.3) is 10.9 Å². The van der Waals surface area contributed by atoms with Gasteiger partial charge < -0.3 is 4.74 Å². The number of nitrogens with zero attached hydrogens (tertiary/aromatic N) is 4. The van der Waals surface area contributed by atoms with Crippen LogP contribution in [0, 0.1) is 17.0 Å². The van der Waals surface area contributed by atoms with Gasteiger partial charge in [-0.05, 0) is 31.2 Å². The van der Waals surface area contributed by atoms with E-state index in [0.717, 1.165) is 17.4 Å². The number of fused-ring (bicyclic) bond motifs is 1. The first-order valence-corrected chi connectivity index (χ1v) is 9.66. The zero-order chi connectivity index (χ0) is 22.7. The maximum Gasteiger partial charge on any atom is 0.374 e. The lowest BCUT2D eigenvalue weighted by Gasteiger charge is -2.11. The third kappa shape index (κ3) is 4.25. The molecule has 0 atom stereocenters. The normalized spacial score (nSPS) is 10.6. The molecule has 4 aromatic rings. The second-order valence-electron chi connectivity index (χ2n) is 6.57. The highest BCUT2D eigenvalue weighted by atomic mass is 35.5. The Labute approximate surface area is 186 Å². The minimum Gasteiger partial charge on any atom is -0.431 e. The number of hydrazine groups is 1. The van der Waals surface area contributed by atoms with Gasteiger partial charge in [0.05, 0.1) is 15.5 Å². The number of nitro groups is 1. The summed E-state index contributed by atoms with van der Waals surface area (Å²) in [6.07, 6.45) is 1.08. The highest BCUT2D eigenvalue weighted by Crippen LogP contribution is 2.36. The number of amides is 1. The Kier molecular flexibility index (Phi) is 5.77. The number of benzene rings is 2. The summed E-state index contributed by atoms with van der Waals surface area (Å²) < 4.78 is 5.76. The van der Waals surface area contributed by atoms with Crippen LogP contribution in [0.2, 0.25) is 5.02 Å². The van der Waals surface area contributed by atoms with Gasteiger partial charge in [0.1, 0.15) is 11.8 Å². The number of carbonyl (C=O) groups is 1. The highest BCUT2D eigenvalue weighted by molar-refractivity contribution is 6.33. The molecule has 0 spiro atoms. The fourth-order valence-electron chi connectivity index (χ4n) is 2.93. The van der Waals surface area contributed by atoms with Gasteiger partial charge in [0.15, 0.2) is 5.75 Å². The summed E-state index contributed by atoms with van der Waals surface area (Å²) in [6, 6.07) is 15.3. The molecule has 0 aliphatic heterocycles. The van der Waals surface area contributed by atoms with Crippen LogP contribution in [-0.2, 0) is 0 Å². The zero-order valence-electron chi connectivity index (χ0n) is 16.6. The predicted octanol–water partition coefficient (Wildman–Crippen LogP) is 4.44. The van der Waals surface area contributed by atoms with Crippen molar-refractivity contribution in [2.45, 2.75) is 6.92 Å². The Morgan fingerprint density at radius 1 is 1.09 bits per heavy atom. The van der Waals surface area contributed by atoms with Crippen molar-refractivity contribution < 1.29 is 14.5 Å². The molecule has 0 aliphatic carbocycles. The fraction of sp³-hybridized carbons (Fsp3) is 0.0476. The maximum atomic E-state index is 12.4. The second-order valence-corrected chi connectivity index (χ2v) is 6.98. The standard InChI is InChI=1S/C21H15ClN6O4/c1-12-9-10-13-5-4-8-16(17(13)25-12)32-21-18(28(30)31)19(23-11-24-21)26-27-20(29)14-6-2-3-7-15(14)22/h2-11H,1H3,(H,27,29)(H,23,24,26). The predicted molar refractivity (Wildman–Crippen MR) is 118 cm³/mol. The summed E-state index contributed by atoms with van der Waals surface area (Å²) in [5.41, 5.74) is 5.71. The summed E-state index contributed by atoms with van der Waals surface area (Å²) in [5, 5.41) is 12.8. The number of para-hydroxylation sites is 1. The average Bonchev–Trinajstić information content (AvgIpc) is 2.78. The average molecular weight is 451 g/mol. The molecule has 0 radical (unpaired) electrons. The number of hydrogen-bond donors (Lipinski definition) is 2. The minimum absolute atomic E-state index is 0.187. The number of pyridine rings is 1. The minimum atomic E-state index is -0.705. The van der Waals surface area contributed by atoms with Crippen LogP contribution in [-0.4, -0.2) is 25.8 Å². The number of anilines is 1. The van der Waals surface area contributed by atoms with Crippen molar-refractivity contribution >= 4 is 39.9 Å². The van der Waals surface area contributed by atoms with E-state index in [9.17, 15) is 14.9 Å². The van der Waals surface area contributed by atoms with E-state index in [4.69, 9.17) is 16.3 Å². The molecule has 0 unspecified atom stereocenters. The van der Waals surface area contributed by atoms with Crippen molar-refractivity contribution in [2.24, 2.45) is 0 Å². The first-order chi connectivity index (χ1) is 15.4. The van der Waals surface area contributed by atoms with Crippen LogP contribution in [0.4, 0.5) is 11.5 Å². The van der Waals surface area contributed by atoms with Crippen LogP contribution in [0.5, 0.6) is 11.6 Å². The summed E-state index contributed by atoms with van der Waals surface area (Å²) in [7, 11) is 0. The van der Waals surface area contributed by atoms with E-state index in [2.05, 4.69) is 25.8 Å². The molecule has 0 bridgehead atoms. The lowest BCUT2D eigenvalue weighted by Crippen LogP contribution is -2.30. The van der Waals surface area contributed by atoms with Crippen molar-refractivity contribution in [3.05, 3.63) is 87.3 Å². The van der Waals surface area contributed by atoms with E-state index in [-0.39, 0.29) is 22.3 Å². The molecule has 0 saturated heterocycles. The Morgan fingerprint density at radius 3 is 2.69 bits per heavy atom. The maximum absolute atomic E-state index is 12.4. The van der Waals surface area contributed by atoms with Crippen molar-refractivity contribution in [1.29, 1.82) is 0 Å². The van der Waals surface area contributed by atoms with Crippen molar-refractivity contribution in [3.63, 3.8) is 0 Å². The monoisotopic (exact) mass is 450 g/mol. The number of nitrogens with one attached hydrogen (secondary N) is 2. The summed E-state index contributed by atoms with van der Waals surface area (Å²) in [4.78, 5) is 35.6. The molecular weight excluding hydrogens is 436 g/mol. The largest absolute Gasteiger partial charge is 0.431 e. The first-order valence-electron chi connectivity index (χ1n) is 9.28. The number of ether oxygens (including phenoxy) is 1. The molecule has 10 nitrogen and oxygen atoms in total. The van der Waals surface area contributed by atoms with Gasteiger partial charge >= 0.3 is 11.6 Å². The molecule has 11 heteroatoms. The fourth-order valence-corrected chi connectivity index (χ4v) is 3.15. The number of hydrogen-bond acceptors (Lipinski definition) is 8. The van der Waals surface area contributed by atoms with Gasteiger partial charge in [0, 0.05) is 11.1 Å². The first kappa shape index (κ1) is 20.9. The van der Waals surface area contributed by atoms with Gasteiger partial charge in [0.25, 0.3) is 5.91 Å². The number of aromatic nitrogens is 3. The van der Waals surface area contributed by atoms with Gasteiger partial charge in [-0.25, -0.2) is 9.97 Å². The summed E-state index contributed by atoms with van der Waals surface area (Å²) in [5.74, 6) is -0.876. The van der Waals surface area contributed by atoms with E-state index in [1.165, 1.54) is 6.07 Å².